The fourth-order valence-electron chi connectivity index (χ4n) is 2.21. The van der Waals surface area contributed by atoms with E-state index in [1.54, 1.807) is 18.2 Å². The van der Waals surface area contributed by atoms with Gasteiger partial charge < -0.3 is 10.4 Å². The predicted molar refractivity (Wildman–Crippen MR) is 90.6 cm³/mol. The summed E-state index contributed by atoms with van der Waals surface area (Å²) in [5.74, 6) is 0. The van der Waals surface area contributed by atoms with E-state index in [-0.39, 0.29) is 11.5 Å². The number of benzene rings is 2. The fourth-order valence-corrected chi connectivity index (χ4v) is 2.93. The van der Waals surface area contributed by atoms with Crippen LogP contribution in [0.4, 0.5) is 0 Å². The topological polar surface area (TPSA) is 92.4 Å². The van der Waals surface area contributed by atoms with Gasteiger partial charge in [-0.15, -0.1) is 0 Å². The molecule has 0 saturated carbocycles. The standard InChI is InChI=1S/C16H19ClN2O3S/c17-15-4-3-13(11-20)14(9-15)10-19-8-7-12-1-5-16(6-2-12)23(18,21)22/h1-6,9,19-20H,7-8,10-11H2,(H2,18,21,22). The van der Waals surface area contributed by atoms with E-state index in [1.807, 2.05) is 12.1 Å². The maximum Gasteiger partial charge on any atom is 0.238 e. The van der Waals surface area contributed by atoms with Gasteiger partial charge in [0.25, 0.3) is 0 Å². The third-order valence-electron chi connectivity index (χ3n) is 3.50. The Balaban J connectivity index is 1.87. The smallest absolute Gasteiger partial charge is 0.238 e. The van der Waals surface area contributed by atoms with Crippen LogP contribution in [-0.4, -0.2) is 20.1 Å². The maximum atomic E-state index is 11.2. The van der Waals surface area contributed by atoms with E-state index in [0.29, 0.717) is 18.1 Å². The van der Waals surface area contributed by atoms with Gasteiger partial charge in [0.2, 0.25) is 10.0 Å². The Morgan fingerprint density at radius 3 is 2.39 bits per heavy atom. The summed E-state index contributed by atoms with van der Waals surface area (Å²) in [7, 11) is -3.64. The summed E-state index contributed by atoms with van der Waals surface area (Å²) in [6.07, 6.45) is 0.750. The minimum Gasteiger partial charge on any atom is -0.392 e. The average Bonchev–Trinajstić information content (AvgIpc) is 2.51. The number of sulfonamides is 1. The highest BCUT2D eigenvalue weighted by Crippen LogP contribution is 2.16. The van der Waals surface area contributed by atoms with E-state index >= 15 is 0 Å². The van der Waals surface area contributed by atoms with Gasteiger partial charge in [0.1, 0.15) is 0 Å². The van der Waals surface area contributed by atoms with Crippen LogP contribution in [0.1, 0.15) is 16.7 Å². The SMILES string of the molecule is NS(=O)(=O)c1ccc(CCNCc2cc(Cl)ccc2CO)cc1. The highest BCUT2D eigenvalue weighted by Gasteiger charge is 2.06. The normalized spacial score (nSPS) is 11.6. The first-order valence-corrected chi connectivity index (χ1v) is 9.03. The van der Waals surface area contributed by atoms with Crippen molar-refractivity contribution in [3.05, 3.63) is 64.2 Å². The Kier molecular flexibility index (Phi) is 6.15. The molecule has 124 valence electrons. The molecule has 0 heterocycles. The Morgan fingerprint density at radius 1 is 1.09 bits per heavy atom. The molecular weight excluding hydrogens is 336 g/mol. The van der Waals surface area contributed by atoms with Crippen LogP contribution in [0.15, 0.2) is 47.4 Å². The molecule has 0 unspecified atom stereocenters. The lowest BCUT2D eigenvalue weighted by Gasteiger charge is -2.10. The van der Waals surface area contributed by atoms with Crippen LogP contribution in [0.2, 0.25) is 5.02 Å². The van der Waals surface area contributed by atoms with E-state index in [2.05, 4.69) is 5.32 Å². The average molecular weight is 355 g/mol. The lowest BCUT2D eigenvalue weighted by atomic mass is 10.1. The number of hydrogen-bond donors (Lipinski definition) is 3. The summed E-state index contributed by atoms with van der Waals surface area (Å²) in [5.41, 5.74) is 2.82. The quantitative estimate of drug-likeness (QED) is 0.661. The molecule has 0 aliphatic heterocycles. The highest BCUT2D eigenvalue weighted by molar-refractivity contribution is 7.89. The number of primary sulfonamides is 1. The molecule has 0 radical (unpaired) electrons. The number of hydrogen-bond acceptors (Lipinski definition) is 4. The molecule has 0 fully saturated rings. The number of rotatable bonds is 7. The molecule has 2 rings (SSSR count). The molecule has 5 nitrogen and oxygen atoms in total. The molecule has 23 heavy (non-hydrogen) atoms. The van der Waals surface area contributed by atoms with Gasteiger partial charge in [-0.25, -0.2) is 13.6 Å². The van der Waals surface area contributed by atoms with Gasteiger partial charge in [0.15, 0.2) is 0 Å². The van der Waals surface area contributed by atoms with Crippen LogP contribution in [0.3, 0.4) is 0 Å². The fraction of sp³-hybridized carbons (Fsp3) is 0.250. The van der Waals surface area contributed by atoms with Crippen LogP contribution in [0, 0.1) is 0 Å². The Hall–Kier alpha value is -1.44. The van der Waals surface area contributed by atoms with Crippen molar-refractivity contribution in [3.63, 3.8) is 0 Å². The summed E-state index contributed by atoms with van der Waals surface area (Å²) in [6.45, 7) is 1.29. The van der Waals surface area contributed by atoms with Crippen LogP contribution in [0.5, 0.6) is 0 Å². The monoisotopic (exact) mass is 354 g/mol. The number of nitrogens with two attached hydrogens (primary N) is 1. The minimum atomic E-state index is -3.64. The Bertz CT molecular complexity index is 761. The van der Waals surface area contributed by atoms with Gasteiger partial charge in [-0.05, 0) is 53.9 Å². The van der Waals surface area contributed by atoms with Gasteiger partial charge in [-0.3, -0.25) is 0 Å². The molecule has 7 heteroatoms. The molecule has 2 aromatic carbocycles. The van der Waals surface area contributed by atoms with Crippen LogP contribution in [0.25, 0.3) is 0 Å². The van der Waals surface area contributed by atoms with Gasteiger partial charge in [-0.2, -0.15) is 0 Å². The summed E-state index contributed by atoms with van der Waals surface area (Å²) in [5, 5.41) is 18.3. The van der Waals surface area contributed by atoms with Gasteiger partial charge in [0.05, 0.1) is 11.5 Å². The Morgan fingerprint density at radius 2 is 1.78 bits per heavy atom. The highest BCUT2D eigenvalue weighted by atomic mass is 35.5. The molecule has 2 aromatic rings. The van der Waals surface area contributed by atoms with Crippen molar-refractivity contribution in [2.45, 2.75) is 24.5 Å². The van der Waals surface area contributed by atoms with Crippen LogP contribution >= 0.6 is 11.6 Å². The van der Waals surface area contributed by atoms with Crippen molar-refractivity contribution in [2.24, 2.45) is 5.14 Å². The molecule has 0 aromatic heterocycles. The second kappa shape index (κ2) is 7.90. The zero-order chi connectivity index (χ0) is 16.9. The molecular formula is C16H19ClN2O3S. The number of halogens is 1. The third kappa shape index (κ3) is 5.30. The number of aliphatic hydroxyl groups excluding tert-OH is 1. The third-order valence-corrected chi connectivity index (χ3v) is 4.66. The zero-order valence-corrected chi connectivity index (χ0v) is 14.1. The first-order chi connectivity index (χ1) is 10.9. The Labute approximate surface area is 141 Å². The van der Waals surface area contributed by atoms with Crippen molar-refractivity contribution in [1.82, 2.24) is 5.32 Å². The largest absolute Gasteiger partial charge is 0.392 e. The first kappa shape index (κ1) is 17.9. The number of nitrogens with one attached hydrogen (secondary N) is 1. The number of aliphatic hydroxyl groups is 1. The molecule has 0 bridgehead atoms. The van der Waals surface area contributed by atoms with Crippen molar-refractivity contribution in [2.75, 3.05) is 6.54 Å². The lowest BCUT2D eigenvalue weighted by molar-refractivity contribution is 0.280. The van der Waals surface area contributed by atoms with Crippen molar-refractivity contribution in [3.8, 4) is 0 Å². The molecule has 0 aliphatic rings. The maximum absolute atomic E-state index is 11.2. The molecule has 0 aliphatic carbocycles. The molecule has 0 spiro atoms. The van der Waals surface area contributed by atoms with Crippen molar-refractivity contribution < 1.29 is 13.5 Å². The van der Waals surface area contributed by atoms with E-state index in [4.69, 9.17) is 16.7 Å². The van der Waals surface area contributed by atoms with Crippen LogP contribution < -0.4 is 10.5 Å². The van der Waals surface area contributed by atoms with Gasteiger partial charge >= 0.3 is 0 Å². The lowest BCUT2D eigenvalue weighted by Crippen LogP contribution is -2.18. The van der Waals surface area contributed by atoms with Crippen molar-refractivity contribution in [1.29, 1.82) is 0 Å². The van der Waals surface area contributed by atoms with E-state index in [0.717, 1.165) is 23.1 Å². The van der Waals surface area contributed by atoms with E-state index < -0.39 is 10.0 Å². The predicted octanol–water partition coefficient (Wildman–Crippen LogP) is 1.81. The summed E-state index contributed by atoms with van der Waals surface area (Å²) < 4.78 is 22.4. The van der Waals surface area contributed by atoms with Crippen molar-refractivity contribution >= 4 is 21.6 Å². The summed E-state index contributed by atoms with van der Waals surface area (Å²) in [6, 6.07) is 11.9. The molecule has 0 saturated heterocycles. The molecule has 4 N–H and O–H groups in total. The minimum absolute atomic E-state index is 0.0246. The molecule has 0 atom stereocenters. The molecule has 0 amide bonds. The van der Waals surface area contributed by atoms with Gasteiger partial charge in [-0.1, -0.05) is 29.8 Å². The van der Waals surface area contributed by atoms with Gasteiger partial charge in [0, 0.05) is 11.6 Å². The second-order valence-corrected chi connectivity index (χ2v) is 7.18. The zero-order valence-electron chi connectivity index (χ0n) is 12.5. The summed E-state index contributed by atoms with van der Waals surface area (Å²) in [4.78, 5) is 0.112. The van der Waals surface area contributed by atoms with E-state index in [9.17, 15) is 13.5 Å². The van der Waals surface area contributed by atoms with E-state index in [1.165, 1.54) is 12.1 Å². The summed E-state index contributed by atoms with van der Waals surface area (Å²) >= 11 is 5.97. The van der Waals surface area contributed by atoms with Crippen LogP contribution in [-0.2, 0) is 29.6 Å². The first-order valence-electron chi connectivity index (χ1n) is 7.11. The second-order valence-electron chi connectivity index (χ2n) is 5.19.